The van der Waals surface area contributed by atoms with Gasteiger partial charge in [0.15, 0.2) is 0 Å². The lowest BCUT2D eigenvalue weighted by atomic mass is 9.77. The molecule has 0 radical (unpaired) electrons. The summed E-state index contributed by atoms with van der Waals surface area (Å²) in [5.74, 6) is 1.46. The van der Waals surface area contributed by atoms with E-state index in [1.807, 2.05) is 0 Å². The molecule has 0 heterocycles. The summed E-state index contributed by atoms with van der Waals surface area (Å²) in [6, 6.07) is 9.20. The summed E-state index contributed by atoms with van der Waals surface area (Å²) in [7, 11) is 0. The first-order valence-corrected chi connectivity index (χ1v) is 6.51. The van der Waals surface area contributed by atoms with E-state index in [9.17, 15) is 0 Å². The molecule has 0 spiro atoms. The van der Waals surface area contributed by atoms with Crippen LogP contribution in [0.4, 0.5) is 0 Å². The highest BCUT2D eigenvalue weighted by atomic mass is 14.7. The predicted octanol–water partition coefficient (Wildman–Crippen LogP) is 3.69. The Balaban J connectivity index is 2.00. The van der Waals surface area contributed by atoms with Gasteiger partial charge in [-0.3, -0.25) is 0 Å². The van der Waals surface area contributed by atoms with Gasteiger partial charge in [0, 0.05) is 6.04 Å². The van der Waals surface area contributed by atoms with Gasteiger partial charge in [-0.05, 0) is 42.2 Å². The smallest absolute Gasteiger partial charge is 0.0323 e. The molecular weight excluding hydrogens is 194 g/mol. The maximum atomic E-state index is 6.25. The van der Waals surface area contributed by atoms with Gasteiger partial charge in [-0.15, -0.1) is 0 Å². The molecule has 2 N–H and O–H groups in total. The fourth-order valence-electron chi connectivity index (χ4n) is 2.42. The Labute approximate surface area is 99.0 Å². The van der Waals surface area contributed by atoms with Crippen LogP contribution in [0.15, 0.2) is 24.3 Å². The van der Waals surface area contributed by atoms with E-state index in [-0.39, 0.29) is 6.04 Å². The van der Waals surface area contributed by atoms with Gasteiger partial charge in [-0.1, -0.05) is 44.5 Å². The molecule has 1 aromatic carbocycles. The minimum atomic E-state index is 0.266. The van der Waals surface area contributed by atoms with Crippen molar-refractivity contribution in [2.45, 2.75) is 45.6 Å². The average molecular weight is 217 g/mol. The molecule has 88 valence electrons. The van der Waals surface area contributed by atoms with Gasteiger partial charge < -0.3 is 5.73 Å². The fraction of sp³-hybridized carbons (Fsp3) is 0.600. The van der Waals surface area contributed by atoms with Crippen molar-refractivity contribution < 1.29 is 0 Å². The van der Waals surface area contributed by atoms with Crippen molar-refractivity contribution in [3.8, 4) is 0 Å². The molecule has 1 saturated carbocycles. The highest BCUT2D eigenvalue weighted by molar-refractivity contribution is 5.25. The standard InChI is InChI=1S/C15H23N/c1-11(2)10-12-6-8-14(9-7-12)15(16)13-4-3-5-13/h6-9,11,13,15H,3-5,10,16H2,1-2H3. The molecule has 0 aliphatic heterocycles. The lowest BCUT2D eigenvalue weighted by Crippen LogP contribution is -2.26. The Morgan fingerprint density at radius 3 is 2.25 bits per heavy atom. The van der Waals surface area contributed by atoms with Gasteiger partial charge in [0.1, 0.15) is 0 Å². The third kappa shape index (κ3) is 2.65. The lowest BCUT2D eigenvalue weighted by Gasteiger charge is -2.31. The minimum Gasteiger partial charge on any atom is -0.324 e. The largest absolute Gasteiger partial charge is 0.324 e. The van der Waals surface area contributed by atoms with Crippen molar-refractivity contribution >= 4 is 0 Å². The Morgan fingerprint density at radius 1 is 1.19 bits per heavy atom. The van der Waals surface area contributed by atoms with Gasteiger partial charge in [-0.2, -0.15) is 0 Å². The Kier molecular flexibility index (Phi) is 3.65. The molecule has 1 heteroatoms. The SMILES string of the molecule is CC(C)Cc1ccc(C(N)C2CCC2)cc1. The Morgan fingerprint density at radius 2 is 1.81 bits per heavy atom. The zero-order valence-electron chi connectivity index (χ0n) is 10.4. The van der Waals surface area contributed by atoms with E-state index in [1.165, 1.54) is 36.8 Å². The van der Waals surface area contributed by atoms with Crippen LogP contribution in [0.5, 0.6) is 0 Å². The van der Waals surface area contributed by atoms with Gasteiger partial charge in [-0.25, -0.2) is 0 Å². The van der Waals surface area contributed by atoms with E-state index < -0.39 is 0 Å². The van der Waals surface area contributed by atoms with E-state index in [0.29, 0.717) is 0 Å². The summed E-state index contributed by atoms with van der Waals surface area (Å²) < 4.78 is 0. The second-order valence-corrected chi connectivity index (χ2v) is 5.56. The zero-order chi connectivity index (χ0) is 11.5. The summed E-state index contributed by atoms with van der Waals surface area (Å²) in [5, 5.41) is 0. The molecule has 1 unspecified atom stereocenters. The normalized spacial score (nSPS) is 18.5. The van der Waals surface area contributed by atoms with Crippen LogP contribution >= 0.6 is 0 Å². The van der Waals surface area contributed by atoms with E-state index >= 15 is 0 Å². The molecule has 1 aromatic rings. The molecule has 16 heavy (non-hydrogen) atoms. The molecule has 1 aliphatic carbocycles. The quantitative estimate of drug-likeness (QED) is 0.818. The highest BCUT2D eigenvalue weighted by Gasteiger charge is 2.25. The summed E-state index contributed by atoms with van der Waals surface area (Å²) in [5.41, 5.74) is 9.00. The maximum absolute atomic E-state index is 6.25. The van der Waals surface area contributed by atoms with E-state index in [0.717, 1.165) is 11.8 Å². The molecule has 1 fully saturated rings. The summed E-state index contributed by atoms with van der Waals surface area (Å²) in [6.45, 7) is 4.52. The van der Waals surface area contributed by atoms with Crippen LogP contribution in [0.3, 0.4) is 0 Å². The molecular formula is C15H23N. The van der Waals surface area contributed by atoms with Crippen molar-refractivity contribution in [2.75, 3.05) is 0 Å². The third-order valence-corrected chi connectivity index (χ3v) is 3.67. The number of nitrogens with two attached hydrogens (primary N) is 1. The summed E-state index contributed by atoms with van der Waals surface area (Å²) in [4.78, 5) is 0. The molecule has 1 aliphatic rings. The van der Waals surface area contributed by atoms with Crippen LogP contribution in [0.2, 0.25) is 0 Å². The van der Waals surface area contributed by atoms with Crippen LogP contribution in [0.25, 0.3) is 0 Å². The summed E-state index contributed by atoms with van der Waals surface area (Å²) >= 11 is 0. The minimum absolute atomic E-state index is 0.266. The van der Waals surface area contributed by atoms with Crippen molar-refractivity contribution in [2.24, 2.45) is 17.6 Å². The van der Waals surface area contributed by atoms with Gasteiger partial charge in [0.2, 0.25) is 0 Å². The monoisotopic (exact) mass is 217 g/mol. The first-order valence-electron chi connectivity index (χ1n) is 6.51. The van der Waals surface area contributed by atoms with Crippen LogP contribution in [0, 0.1) is 11.8 Å². The number of hydrogen-bond donors (Lipinski definition) is 1. The maximum Gasteiger partial charge on any atom is 0.0323 e. The summed E-state index contributed by atoms with van der Waals surface area (Å²) in [6.07, 6.45) is 5.16. The number of benzene rings is 1. The van der Waals surface area contributed by atoms with Crippen LogP contribution in [-0.2, 0) is 6.42 Å². The highest BCUT2D eigenvalue weighted by Crippen LogP contribution is 2.36. The second kappa shape index (κ2) is 5.01. The topological polar surface area (TPSA) is 26.0 Å². The van der Waals surface area contributed by atoms with Crippen molar-refractivity contribution in [3.63, 3.8) is 0 Å². The van der Waals surface area contributed by atoms with E-state index in [1.54, 1.807) is 0 Å². The molecule has 2 rings (SSSR count). The third-order valence-electron chi connectivity index (χ3n) is 3.67. The van der Waals surface area contributed by atoms with Crippen LogP contribution in [0.1, 0.15) is 50.3 Å². The van der Waals surface area contributed by atoms with Gasteiger partial charge in [0.05, 0.1) is 0 Å². The van der Waals surface area contributed by atoms with Crippen molar-refractivity contribution in [1.29, 1.82) is 0 Å². The molecule has 0 bridgehead atoms. The van der Waals surface area contributed by atoms with Crippen molar-refractivity contribution in [3.05, 3.63) is 35.4 Å². The molecule has 0 saturated heterocycles. The predicted molar refractivity (Wildman–Crippen MR) is 69.3 cm³/mol. The molecule has 0 aromatic heterocycles. The van der Waals surface area contributed by atoms with Crippen LogP contribution in [-0.4, -0.2) is 0 Å². The first-order chi connectivity index (χ1) is 7.66. The van der Waals surface area contributed by atoms with E-state index in [4.69, 9.17) is 5.73 Å². The molecule has 1 atom stereocenters. The molecule has 0 amide bonds. The molecule has 1 nitrogen and oxygen atoms in total. The Hall–Kier alpha value is -0.820. The lowest BCUT2D eigenvalue weighted by molar-refractivity contribution is 0.264. The fourth-order valence-corrected chi connectivity index (χ4v) is 2.42. The average Bonchev–Trinajstić information content (AvgIpc) is 2.15. The number of hydrogen-bond acceptors (Lipinski definition) is 1. The van der Waals surface area contributed by atoms with Crippen molar-refractivity contribution in [1.82, 2.24) is 0 Å². The second-order valence-electron chi connectivity index (χ2n) is 5.56. The first kappa shape index (κ1) is 11.7. The van der Waals surface area contributed by atoms with Gasteiger partial charge in [0.25, 0.3) is 0 Å². The van der Waals surface area contributed by atoms with Gasteiger partial charge >= 0.3 is 0 Å². The zero-order valence-corrected chi connectivity index (χ0v) is 10.4. The number of rotatable bonds is 4. The van der Waals surface area contributed by atoms with E-state index in [2.05, 4.69) is 38.1 Å². The Bertz CT molecular complexity index is 322. The van der Waals surface area contributed by atoms with Crippen LogP contribution < -0.4 is 5.73 Å².